The van der Waals surface area contributed by atoms with Crippen LogP contribution in [0.5, 0.6) is 0 Å². The Kier molecular flexibility index (Phi) is 7.74. The van der Waals surface area contributed by atoms with Gasteiger partial charge in [-0.1, -0.05) is 12.8 Å². The number of ether oxygens (including phenoxy) is 1. The van der Waals surface area contributed by atoms with E-state index in [-0.39, 0.29) is 18.3 Å². The minimum atomic E-state index is 0. The van der Waals surface area contributed by atoms with E-state index in [1.165, 1.54) is 12.8 Å². The summed E-state index contributed by atoms with van der Waals surface area (Å²) in [5.41, 5.74) is 6.58. The standard InChI is InChI=1S/C16H26N4O2S.ClH/c17-5-6-20(14-3-1-2-4-14)15(21)11-13-12-23-16(18-13)19-7-9-22-10-8-19;/h12,14H,1-11,17H2;1H. The molecule has 3 rings (SSSR count). The second-order valence-electron chi connectivity index (χ2n) is 6.21. The van der Waals surface area contributed by atoms with E-state index in [0.717, 1.165) is 50.0 Å². The summed E-state index contributed by atoms with van der Waals surface area (Å²) in [5.74, 6) is 0.168. The van der Waals surface area contributed by atoms with Crippen LogP contribution in [0.15, 0.2) is 5.38 Å². The highest BCUT2D eigenvalue weighted by Crippen LogP contribution is 2.25. The molecule has 6 nitrogen and oxygen atoms in total. The molecule has 2 heterocycles. The quantitative estimate of drug-likeness (QED) is 0.820. The van der Waals surface area contributed by atoms with Crippen molar-refractivity contribution in [1.29, 1.82) is 0 Å². The summed E-state index contributed by atoms with van der Waals surface area (Å²) in [4.78, 5) is 21.5. The fraction of sp³-hybridized carbons (Fsp3) is 0.750. The lowest BCUT2D eigenvalue weighted by atomic mass is 10.2. The van der Waals surface area contributed by atoms with Gasteiger partial charge in [-0.2, -0.15) is 0 Å². The number of carbonyl (C=O) groups is 1. The van der Waals surface area contributed by atoms with Crippen molar-refractivity contribution in [2.75, 3.05) is 44.3 Å². The predicted octanol–water partition coefficient (Wildman–Crippen LogP) is 1.67. The lowest BCUT2D eigenvalue weighted by Crippen LogP contribution is -2.42. The van der Waals surface area contributed by atoms with Crippen molar-refractivity contribution in [2.45, 2.75) is 38.1 Å². The number of nitrogens with zero attached hydrogens (tertiary/aromatic N) is 3. The predicted molar refractivity (Wildman–Crippen MR) is 99.1 cm³/mol. The largest absolute Gasteiger partial charge is 0.378 e. The van der Waals surface area contributed by atoms with Crippen LogP contribution in [-0.4, -0.2) is 61.2 Å². The van der Waals surface area contributed by atoms with Crippen LogP contribution in [0.25, 0.3) is 0 Å². The highest BCUT2D eigenvalue weighted by molar-refractivity contribution is 7.13. The maximum Gasteiger partial charge on any atom is 0.228 e. The van der Waals surface area contributed by atoms with E-state index in [1.807, 2.05) is 10.3 Å². The monoisotopic (exact) mass is 374 g/mol. The topological polar surface area (TPSA) is 71.7 Å². The molecular formula is C16H27ClN4O2S. The molecule has 2 N–H and O–H groups in total. The Labute approximate surface area is 153 Å². The van der Waals surface area contributed by atoms with Crippen molar-refractivity contribution >= 4 is 34.8 Å². The Bertz CT molecular complexity index is 516. The Hall–Kier alpha value is -0.890. The minimum absolute atomic E-state index is 0. The number of aromatic nitrogens is 1. The molecule has 1 saturated heterocycles. The Morgan fingerprint density at radius 2 is 2.08 bits per heavy atom. The van der Waals surface area contributed by atoms with Crippen LogP contribution in [0.1, 0.15) is 31.4 Å². The molecule has 1 amide bonds. The van der Waals surface area contributed by atoms with Gasteiger partial charge in [-0.3, -0.25) is 4.79 Å². The van der Waals surface area contributed by atoms with Gasteiger partial charge < -0.3 is 20.3 Å². The molecule has 2 fully saturated rings. The smallest absolute Gasteiger partial charge is 0.228 e. The highest BCUT2D eigenvalue weighted by atomic mass is 35.5. The van der Waals surface area contributed by atoms with Gasteiger partial charge in [-0.05, 0) is 12.8 Å². The first-order valence-electron chi connectivity index (χ1n) is 8.54. The zero-order valence-corrected chi connectivity index (χ0v) is 15.6. The van der Waals surface area contributed by atoms with Crippen LogP contribution in [0.2, 0.25) is 0 Å². The zero-order valence-electron chi connectivity index (χ0n) is 14.0. The van der Waals surface area contributed by atoms with Crippen LogP contribution < -0.4 is 10.6 Å². The summed E-state index contributed by atoms with van der Waals surface area (Å²) >= 11 is 1.62. The molecule has 24 heavy (non-hydrogen) atoms. The fourth-order valence-corrected chi connectivity index (χ4v) is 4.28. The van der Waals surface area contributed by atoms with Gasteiger partial charge in [0.2, 0.25) is 5.91 Å². The molecule has 1 aromatic rings. The van der Waals surface area contributed by atoms with Crippen LogP contribution in [0, 0.1) is 0 Å². The first-order valence-corrected chi connectivity index (χ1v) is 9.42. The van der Waals surface area contributed by atoms with Crippen molar-refractivity contribution in [3.8, 4) is 0 Å². The number of hydrogen-bond acceptors (Lipinski definition) is 6. The van der Waals surface area contributed by atoms with Crippen molar-refractivity contribution in [3.05, 3.63) is 11.1 Å². The molecule has 2 aliphatic rings. The number of hydrogen-bond donors (Lipinski definition) is 1. The molecule has 0 aromatic carbocycles. The molecular weight excluding hydrogens is 348 g/mol. The normalized spacial score (nSPS) is 18.5. The fourth-order valence-electron chi connectivity index (χ4n) is 3.40. The number of thiazole rings is 1. The molecule has 1 aromatic heterocycles. The molecule has 0 unspecified atom stereocenters. The maximum absolute atomic E-state index is 12.7. The number of amides is 1. The molecule has 0 radical (unpaired) electrons. The van der Waals surface area contributed by atoms with Gasteiger partial charge in [-0.15, -0.1) is 23.7 Å². The van der Waals surface area contributed by atoms with Crippen molar-refractivity contribution in [1.82, 2.24) is 9.88 Å². The molecule has 1 aliphatic heterocycles. The lowest BCUT2D eigenvalue weighted by molar-refractivity contribution is -0.132. The second-order valence-corrected chi connectivity index (χ2v) is 7.05. The molecule has 0 spiro atoms. The summed E-state index contributed by atoms with van der Waals surface area (Å²) in [6.45, 7) is 4.44. The van der Waals surface area contributed by atoms with Crippen molar-refractivity contribution in [2.24, 2.45) is 5.73 Å². The lowest BCUT2D eigenvalue weighted by Gasteiger charge is -2.28. The van der Waals surface area contributed by atoms with Gasteiger partial charge in [0.05, 0.1) is 25.3 Å². The average Bonchev–Trinajstić information content (AvgIpc) is 3.25. The summed E-state index contributed by atoms with van der Waals surface area (Å²) in [6, 6.07) is 0.378. The van der Waals surface area contributed by atoms with Gasteiger partial charge in [0, 0.05) is 37.6 Å². The maximum atomic E-state index is 12.7. The molecule has 0 bridgehead atoms. The number of anilines is 1. The van der Waals surface area contributed by atoms with Crippen LogP contribution in [0.4, 0.5) is 5.13 Å². The summed E-state index contributed by atoms with van der Waals surface area (Å²) in [5, 5.41) is 3.01. The Morgan fingerprint density at radius 1 is 1.38 bits per heavy atom. The summed E-state index contributed by atoms with van der Waals surface area (Å²) < 4.78 is 5.37. The summed E-state index contributed by atoms with van der Waals surface area (Å²) in [7, 11) is 0. The molecule has 136 valence electrons. The number of halogens is 1. The Morgan fingerprint density at radius 3 is 2.75 bits per heavy atom. The van der Waals surface area contributed by atoms with Gasteiger partial charge in [0.15, 0.2) is 5.13 Å². The molecule has 0 atom stereocenters. The number of morpholine rings is 1. The van der Waals surface area contributed by atoms with Gasteiger partial charge in [-0.25, -0.2) is 4.98 Å². The molecule has 1 aliphatic carbocycles. The van der Waals surface area contributed by atoms with Crippen molar-refractivity contribution in [3.63, 3.8) is 0 Å². The SMILES string of the molecule is Cl.NCCN(C(=O)Cc1csc(N2CCOCC2)n1)C1CCCC1. The van der Waals surface area contributed by atoms with E-state index in [9.17, 15) is 4.79 Å². The van der Waals surface area contributed by atoms with Crippen LogP contribution >= 0.6 is 23.7 Å². The number of nitrogens with two attached hydrogens (primary N) is 1. The molecule has 1 saturated carbocycles. The Balaban J connectivity index is 0.00000208. The number of carbonyl (C=O) groups excluding carboxylic acids is 1. The van der Waals surface area contributed by atoms with Gasteiger partial charge in [0.1, 0.15) is 0 Å². The van der Waals surface area contributed by atoms with Crippen LogP contribution in [-0.2, 0) is 16.0 Å². The van der Waals surface area contributed by atoms with E-state index in [4.69, 9.17) is 10.5 Å². The van der Waals surface area contributed by atoms with E-state index in [1.54, 1.807) is 11.3 Å². The minimum Gasteiger partial charge on any atom is -0.378 e. The van der Waals surface area contributed by atoms with E-state index < -0.39 is 0 Å². The third-order valence-corrected chi connectivity index (χ3v) is 5.56. The highest BCUT2D eigenvalue weighted by Gasteiger charge is 2.26. The van der Waals surface area contributed by atoms with E-state index in [0.29, 0.717) is 25.6 Å². The second kappa shape index (κ2) is 9.56. The zero-order chi connectivity index (χ0) is 16.1. The van der Waals surface area contributed by atoms with Crippen LogP contribution in [0.3, 0.4) is 0 Å². The average molecular weight is 375 g/mol. The van der Waals surface area contributed by atoms with Crippen molar-refractivity contribution < 1.29 is 9.53 Å². The van der Waals surface area contributed by atoms with Gasteiger partial charge in [0.25, 0.3) is 0 Å². The number of rotatable bonds is 6. The molecule has 8 heteroatoms. The first-order chi connectivity index (χ1) is 11.3. The third kappa shape index (κ3) is 4.81. The van der Waals surface area contributed by atoms with E-state index in [2.05, 4.69) is 9.88 Å². The summed E-state index contributed by atoms with van der Waals surface area (Å²) in [6.07, 6.45) is 5.05. The first kappa shape index (κ1) is 19.4. The van der Waals surface area contributed by atoms with Gasteiger partial charge >= 0.3 is 0 Å². The third-order valence-electron chi connectivity index (χ3n) is 4.61. The van der Waals surface area contributed by atoms with E-state index >= 15 is 0 Å².